The van der Waals surface area contributed by atoms with Gasteiger partial charge in [-0.2, -0.15) is 0 Å². The van der Waals surface area contributed by atoms with Crippen LogP contribution in [0.15, 0.2) is 0 Å². The maximum atomic E-state index is 10.5. The Balaban J connectivity index is 4.19. The van der Waals surface area contributed by atoms with Crippen molar-refractivity contribution in [2.75, 3.05) is 0 Å². The first kappa shape index (κ1) is 10.2. The van der Waals surface area contributed by atoms with E-state index in [1.54, 1.807) is 0 Å². The maximum absolute atomic E-state index is 10.5. The van der Waals surface area contributed by atoms with Crippen LogP contribution in [0.2, 0.25) is 0 Å². The minimum absolute atomic E-state index is 0.302. The molecule has 0 aromatic rings. The highest BCUT2D eigenvalue weighted by Crippen LogP contribution is 2.31. The Morgan fingerprint density at radius 3 is 2.00 bits per heavy atom. The lowest BCUT2D eigenvalue weighted by molar-refractivity contribution is -0.113. The van der Waals surface area contributed by atoms with Crippen molar-refractivity contribution >= 4 is 60.3 Å². The predicted octanol–water partition coefficient (Wildman–Crippen LogP) is 2.87. The molecular weight excluding hydrogens is 295 g/mol. The molecule has 0 saturated heterocycles. The van der Waals surface area contributed by atoms with Gasteiger partial charge in [-0.05, 0) is 18.5 Å². The summed E-state index contributed by atoms with van der Waals surface area (Å²) in [7, 11) is 0. The van der Waals surface area contributed by atoms with E-state index in [1.807, 2.05) is 0 Å². The molecule has 0 aliphatic heterocycles. The van der Waals surface area contributed by atoms with Gasteiger partial charge in [-0.3, -0.25) is 4.79 Å². The van der Waals surface area contributed by atoms with E-state index < -0.39 is 10.1 Å². The summed E-state index contributed by atoms with van der Waals surface area (Å²) < 4.78 is -0.302. The lowest BCUT2D eigenvalue weighted by atomic mass is 10.2. The van der Waals surface area contributed by atoms with Gasteiger partial charge in [0.2, 0.25) is 5.24 Å². The molecule has 0 aromatic carbocycles. The Kier molecular flexibility index (Phi) is 4.04. The van der Waals surface area contributed by atoms with E-state index in [-0.39, 0.29) is 3.74 Å². The molecule has 0 N–H and O–H groups in total. The molecule has 1 atom stereocenters. The number of hydrogen-bond acceptors (Lipinski definition) is 1. The number of hydrogen-bond donors (Lipinski definition) is 0. The van der Waals surface area contributed by atoms with Crippen molar-refractivity contribution in [2.45, 2.75) is 15.5 Å². The molecule has 0 aliphatic carbocycles. The van der Waals surface area contributed by atoms with Crippen molar-refractivity contribution in [1.29, 1.82) is 0 Å². The quantitative estimate of drug-likeness (QED) is 0.566. The van der Waals surface area contributed by atoms with E-state index in [9.17, 15) is 4.79 Å². The average molecular weight is 299 g/mol. The Hall–Kier alpha value is 1.21. The van der Waals surface area contributed by atoms with E-state index in [0.717, 1.165) is 0 Å². The van der Waals surface area contributed by atoms with Crippen LogP contribution in [0.25, 0.3) is 0 Å². The molecule has 0 bridgehead atoms. The van der Waals surface area contributed by atoms with Crippen LogP contribution in [0.5, 0.6) is 0 Å². The topological polar surface area (TPSA) is 17.1 Å². The first-order chi connectivity index (χ1) is 3.89. The number of carbonyl (C=O) groups excluding carboxylic acids is 1. The Bertz CT molecular complexity index is 124. The van der Waals surface area contributed by atoms with Crippen LogP contribution in [0, 0.1) is 0 Å². The molecule has 0 radical (unpaired) electrons. The van der Waals surface area contributed by atoms with Gasteiger partial charge in [-0.1, -0.05) is 31.9 Å². The van der Waals surface area contributed by atoms with Gasteiger partial charge in [0, 0.05) is 0 Å². The fourth-order valence-corrected chi connectivity index (χ4v) is 0.874. The van der Waals surface area contributed by atoms with E-state index in [4.69, 9.17) is 23.2 Å². The summed E-state index contributed by atoms with van der Waals surface area (Å²) in [5.41, 5.74) is 0. The van der Waals surface area contributed by atoms with Gasteiger partial charge >= 0.3 is 0 Å². The second-order valence-corrected chi connectivity index (χ2v) is 5.84. The average Bonchev–Trinajstić information content (AvgIpc) is 1.65. The fourth-order valence-electron chi connectivity index (χ4n) is 0.0858. The van der Waals surface area contributed by atoms with Gasteiger partial charge in [0.25, 0.3) is 0 Å². The Morgan fingerprint density at radius 1 is 1.67 bits per heavy atom. The van der Waals surface area contributed by atoms with Crippen molar-refractivity contribution in [1.82, 2.24) is 0 Å². The van der Waals surface area contributed by atoms with E-state index in [1.165, 1.54) is 6.92 Å². The first-order valence-electron chi connectivity index (χ1n) is 2.06. The summed E-state index contributed by atoms with van der Waals surface area (Å²) in [6.45, 7) is 1.53. The van der Waals surface area contributed by atoms with Gasteiger partial charge in [0.1, 0.15) is 4.87 Å². The van der Waals surface area contributed by atoms with Crippen LogP contribution in [0.1, 0.15) is 6.92 Å². The lowest BCUT2D eigenvalue weighted by Gasteiger charge is -2.17. The third-order valence-corrected chi connectivity index (χ3v) is 4.03. The molecule has 54 valence electrons. The first-order valence-corrected chi connectivity index (χ1v) is 4.64. The third kappa shape index (κ3) is 2.74. The normalized spacial score (nSPS) is 17.6. The van der Waals surface area contributed by atoms with Gasteiger partial charge in [0.05, 0.1) is 3.74 Å². The van der Waals surface area contributed by atoms with Crippen LogP contribution in [0.3, 0.4) is 0 Å². The monoisotopic (exact) mass is 296 g/mol. The fraction of sp³-hybridized carbons (Fsp3) is 0.750. The zero-order chi connectivity index (χ0) is 7.65. The summed E-state index contributed by atoms with van der Waals surface area (Å²) in [6.07, 6.45) is 0. The third-order valence-electron chi connectivity index (χ3n) is 0.794. The van der Waals surface area contributed by atoms with Crippen molar-refractivity contribution < 1.29 is 4.79 Å². The van der Waals surface area contributed by atoms with Gasteiger partial charge in [0.15, 0.2) is 0 Å². The highest BCUT2D eigenvalue weighted by atomic mass is 79.9. The smallest absolute Gasteiger partial charge is 0.244 e. The molecule has 9 heavy (non-hydrogen) atoms. The molecule has 0 saturated carbocycles. The standard InChI is InChI=1S/C4H4Br2Cl2O/c1-4(8,2(5)6)3(7)9/h2H,1H3. The number of carbonyl (C=O) groups is 1. The van der Waals surface area contributed by atoms with Crippen molar-refractivity contribution in [2.24, 2.45) is 0 Å². The highest BCUT2D eigenvalue weighted by Gasteiger charge is 2.35. The molecule has 1 nitrogen and oxygen atoms in total. The lowest BCUT2D eigenvalue weighted by Crippen LogP contribution is -2.31. The van der Waals surface area contributed by atoms with Crippen LogP contribution in [-0.2, 0) is 4.79 Å². The van der Waals surface area contributed by atoms with E-state index in [0.29, 0.717) is 0 Å². The predicted molar refractivity (Wildman–Crippen MR) is 46.8 cm³/mol. The molecular formula is C4H4Br2Cl2O. The molecule has 0 aromatic heterocycles. The minimum Gasteiger partial charge on any atom is -0.279 e. The summed E-state index contributed by atoms with van der Waals surface area (Å²) in [5.74, 6) is 0. The van der Waals surface area contributed by atoms with Gasteiger partial charge < -0.3 is 0 Å². The molecule has 0 spiro atoms. The second kappa shape index (κ2) is 3.56. The molecule has 0 heterocycles. The summed E-state index contributed by atoms with van der Waals surface area (Å²) in [6, 6.07) is 0. The maximum Gasteiger partial charge on any atom is 0.244 e. The van der Waals surface area contributed by atoms with Crippen LogP contribution in [0.4, 0.5) is 0 Å². The zero-order valence-electron chi connectivity index (χ0n) is 4.50. The van der Waals surface area contributed by atoms with Crippen molar-refractivity contribution in [3.05, 3.63) is 0 Å². The summed E-state index contributed by atoms with van der Waals surface area (Å²) >= 11 is 16.9. The van der Waals surface area contributed by atoms with Crippen molar-refractivity contribution in [3.8, 4) is 0 Å². The van der Waals surface area contributed by atoms with E-state index >= 15 is 0 Å². The molecule has 1 unspecified atom stereocenters. The molecule has 0 amide bonds. The van der Waals surface area contributed by atoms with Crippen LogP contribution in [-0.4, -0.2) is 13.9 Å². The Morgan fingerprint density at radius 2 is 2.00 bits per heavy atom. The minimum atomic E-state index is -1.07. The molecule has 5 heteroatoms. The molecule has 0 rings (SSSR count). The summed E-state index contributed by atoms with van der Waals surface area (Å²) in [5, 5.41) is -0.581. The van der Waals surface area contributed by atoms with Gasteiger partial charge in [-0.25, -0.2) is 0 Å². The SMILES string of the molecule is CC(Cl)(C(=O)Cl)C(Br)Br. The summed E-state index contributed by atoms with van der Waals surface area (Å²) in [4.78, 5) is 9.41. The molecule has 0 aliphatic rings. The van der Waals surface area contributed by atoms with Crippen molar-refractivity contribution in [3.63, 3.8) is 0 Å². The molecule has 0 fully saturated rings. The van der Waals surface area contributed by atoms with Crippen LogP contribution < -0.4 is 0 Å². The number of halogens is 4. The van der Waals surface area contributed by atoms with Gasteiger partial charge in [-0.15, -0.1) is 11.6 Å². The second-order valence-electron chi connectivity index (χ2n) is 1.65. The van der Waals surface area contributed by atoms with E-state index in [2.05, 4.69) is 31.9 Å². The number of alkyl halides is 3. The zero-order valence-corrected chi connectivity index (χ0v) is 9.18. The largest absolute Gasteiger partial charge is 0.279 e. The highest BCUT2D eigenvalue weighted by molar-refractivity contribution is 9.24. The number of rotatable bonds is 2. The van der Waals surface area contributed by atoms with Crippen LogP contribution >= 0.6 is 55.1 Å². The Labute approximate surface area is 80.3 Å².